The molecule has 0 saturated carbocycles. The van der Waals surface area contributed by atoms with Gasteiger partial charge in [0.2, 0.25) is 0 Å². The van der Waals surface area contributed by atoms with E-state index in [1.165, 1.54) is 0 Å². The summed E-state index contributed by atoms with van der Waals surface area (Å²) >= 11 is 0. The van der Waals surface area contributed by atoms with E-state index in [1.807, 2.05) is 12.1 Å². The molecule has 0 spiro atoms. The monoisotopic (exact) mass is 518 g/mol. The lowest BCUT2D eigenvalue weighted by Gasteiger charge is -2.36. The van der Waals surface area contributed by atoms with Crippen LogP contribution in [0, 0.1) is 0 Å². The van der Waals surface area contributed by atoms with Crippen molar-refractivity contribution in [3.05, 3.63) is 23.8 Å². The van der Waals surface area contributed by atoms with Crippen LogP contribution < -0.4 is 14.8 Å². The van der Waals surface area contributed by atoms with Crippen molar-refractivity contribution in [1.82, 2.24) is 15.1 Å². The Morgan fingerprint density at radius 3 is 2.62 bits per heavy atom. The molecule has 0 bridgehead atoms. The Kier molecular flexibility index (Phi) is 10.3. The van der Waals surface area contributed by atoms with Gasteiger partial charge in [0.05, 0.1) is 26.9 Å². The Labute approximate surface area is 191 Å². The van der Waals surface area contributed by atoms with Gasteiger partial charge in [0, 0.05) is 51.4 Å². The molecule has 1 aromatic carbocycles. The number of ether oxygens (including phenoxy) is 3. The zero-order valence-electron chi connectivity index (χ0n) is 17.9. The second kappa shape index (κ2) is 12.4. The van der Waals surface area contributed by atoms with E-state index < -0.39 is 0 Å². The fourth-order valence-corrected chi connectivity index (χ4v) is 3.77. The highest BCUT2D eigenvalue weighted by molar-refractivity contribution is 14.0. The highest BCUT2D eigenvalue weighted by Gasteiger charge is 2.22. The molecule has 29 heavy (non-hydrogen) atoms. The van der Waals surface area contributed by atoms with Gasteiger partial charge in [-0.25, -0.2) is 0 Å². The van der Waals surface area contributed by atoms with Crippen molar-refractivity contribution >= 4 is 29.9 Å². The molecule has 2 aliphatic heterocycles. The molecule has 7 nitrogen and oxygen atoms in total. The molecule has 1 atom stereocenters. The Bertz CT molecular complexity index is 645. The third kappa shape index (κ3) is 6.89. The summed E-state index contributed by atoms with van der Waals surface area (Å²) < 4.78 is 16.6. The van der Waals surface area contributed by atoms with E-state index >= 15 is 0 Å². The molecule has 2 fully saturated rings. The number of aliphatic imine (C=N–C) groups is 1. The first-order chi connectivity index (χ1) is 13.7. The van der Waals surface area contributed by atoms with Gasteiger partial charge in [-0.15, -0.1) is 24.0 Å². The first-order valence-electron chi connectivity index (χ1n) is 10.3. The maximum Gasteiger partial charge on any atom is 0.194 e. The second-order valence-corrected chi connectivity index (χ2v) is 7.27. The first-order valence-corrected chi connectivity index (χ1v) is 10.3. The van der Waals surface area contributed by atoms with Crippen LogP contribution in [0.1, 0.15) is 25.3 Å². The van der Waals surface area contributed by atoms with Crippen molar-refractivity contribution in [2.45, 2.75) is 32.4 Å². The maximum atomic E-state index is 5.71. The Morgan fingerprint density at radius 2 is 2.00 bits per heavy atom. The lowest BCUT2D eigenvalue weighted by atomic mass is 10.1. The third-order valence-corrected chi connectivity index (χ3v) is 5.36. The SMILES string of the molecule is CCNC(=NCC1CCCO1)N1CCN(Cc2cc(OC)ccc2OC)CC1.I. The molecule has 2 aliphatic rings. The minimum absolute atomic E-state index is 0. The molecule has 1 aromatic rings. The van der Waals surface area contributed by atoms with E-state index in [0.29, 0.717) is 0 Å². The minimum Gasteiger partial charge on any atom is -0.497 e. The van der Waals surface area contributed by atoms with Gasteiger partial charge in [-0.2, -0.15) is 0 Å². The van der Waals surface area contributed by atoms with Crippen molar-refractivity contribution in [3.8, 4) is 11.5 Å². The number of halogens is 1. The van der Waals surface area contributed by atoms with Crippen LogP contribution in [-0.2, 0) is 11.3 Å². The number of piperazine rings is 1. The zero-order chi connectivity index (χ0) is 19.8. The molecule has 0 radical (unpaired) electrons. The number of rotatable bonds is 7. The zero-order valence-corrected chi connectivity index (χ0v) is 20.2. The highest BCUT2D eigenvalue weighted by atomic mass is 127. The topological polar surface area (TPSA) is 58.6 Å². The van der Waals surface area contributed by atoms with Gasteiger partial charge in [0.15, 0.2) is 5.96 Å². The molecule has 3 rings (SSSR count). The van der Waals surface area contributed by atoms with Crippen molar-refractivity contribution in [3.63, 3.8) is 0 Å². The summed E-state index contributed by atoms with van der Waals surface area (Å²) in [5.74, 6) is 2.79. The van der Waals surface area contributed by atoms with Gasteiger partial charge in [-0.05, 0) is 38.0 Å². The normalized spacial score (nSPS) is 20.3. The highest BCUT2D eigenvalue weighted by Crippen LogP contribution is 2.25. The van der Waals surface area contributed by atoms with E-state index in [1.54, 1.807) is 14.2 Å². The maximum absolute atomic E-state index is 5.71. The van der Waals surface area contributed by atoms with Crippen LogP contribution in [0.2, 0.25) is 0 Å². The minimum atomic E-state index is 0. The van der Waals surface area contributed by atoms with E-state index in [0.717, 1.165) is 88.3 Å². The van der Waals surface area contributed by atoms with Crippen LogP contribution in [-0.4, -0.2) is 82.0 Å². The van der Waals surface area contributed by atoms with Crippen LogP contribution in [0.4, 0.5) is 0 Å². The summed E-state index contributed by atoms with van der Waals surface area (Å²) in [4.78, 5) is 9.64. The van der Waals surface area contributed by atoms with Gasteiger partial charge in [0.1, 0.15) is 11.5 Å². The third-order valence-electron chi connectivity index (χ3n) is 5.36. The number of guanidine groups is 1. The fraction of sp³-hybridized carbons (Fsp3) is 0.667. The average Bonchev–Trinajstić information content (AvgIpc) is 3.25. The van der Waals surface area contributed by atoms with E-state index in [2.05, 4.69) is 28.1 Å². The molecule has 0 aliphatic carbocycles. The molecular formula is C21H35IN4O3. The summed E-state index contributed by atoms with van der Waals surface area (Å²) in [7, 11) is 3.42. The Morgan fingerprint density at radius 1 is 1.21 bits per heavy atom. The van der Waals surface area contributed by atoms with Crippen LogP contribution >= 0.6 is 24.0 Å². The average molecular weight is 518 g/mol. The molecular weight excluding hydrogens is 483 g/mol. The summed E-state index contributed by atoms with van der Waals surface area (Å²) in [6, 6.07) is 5.98. The number of methoxy groups -OCH3 is 2. The van der Waals surface area contributed by atoms with Crippen LogP contribution in [0.15, 0.2) is 23.2 Å². The quantitative estimate of drug-likeness (QED) is 0.340. The molecule has 0 amide bonds. The van der Waals surface area contributed by atoms with Gasteiger partial charge >= 0.3 is 0 Å². The summed E-state index contributed by atoms with van der Waals surface area (Å²) in [5, 5.41) is 3.44. The number of nitrogens with zero attached hydrogens (tertiary/aromatic N) is 3. The number of hydrogen-bond donors (Lipinski definition) is 1. The van der Waals surface area contributed by atoms with Crippen molar-refractivity contribution in [1.29, 1.82) is 0 Å². The molecule has 0 aromatic heterocycles. The molecule has 2 heterocycles. The van der Waals surface area contributed by atoms with Crippen LogP contribution in [0.5, 0.6) is 11.5 Å². The summed E-state index contributed by atoms with van der Waals surface area (Å²) in [6.45, 7) is 9.39. The van der Waals surface area contributed by atoms with Crippen molar-refractivity contribution in [2.24, 2.45) is 4.99 Å². The summed E-state index contributed by atoms with van der Waals surface area (Å²) in [5.41, 5.74) is 1.16. The molecule has 1 N–H and O–H groups in total. The van der Waals surface area contributed by atoms with Crippen molar-refractivity contribution in [2.75, 3.05) is 60.1 Å². The number of benzene rings is 1. The van der Waals surface area contributed by atoms with Gasteiger partial charge < -0.3 is 24.4 Å². The second-order valence-electron chi connectivity index (χ2n) is 7.27. The first kappa shape index (κ1) is 24.0. The fourth-order valence-electron chi connectivity index (χ4n) is 3.77. The smallest absolute Gasteiger partial charge is 0.194 e. The van der Waals surface area contributed by atoms with E-state index in [4.69, 9.17) is 19.2 Å². The standard InChI is InChI=1S/C21H34N4O3.HI/c1-4-22-21(23-15-19-6-5-13-28-19)25-11-9-24(10-12-25)16-17-14-18(26-2)7-8-20(17)27-3;/h7-8,14,19H,4-6,9-13,15-16H2,1-3H3,(H,22,23);1H. The van der Waals surface area contributed by atoms with Crippen LogP contribution in [0.3, 0.4) is 0 Å². The molecule has 2 saturated heterocycles. The van der Waals surface area contributed by atoms with Gasteiger partial charge in [-0.1, -0.05) is 0 Å². The van der Waals surface area contributed by atoms with E-state index in [9.17, 15) is 0 Å². The number of nitrogens with one attached hydrogen (secondary N) is 1. The largest absolute Gasteiger partial charge is 0.497 e. The summed E-state index contributed by atoms with van der Waals surface area (Å²) in [6.07, 6.45) is 2.57. The molecule has 8 heteroatoms. The Hall–Kier alpha value is -1.26. The lowest BCUT2D eigenvalue weighted by Crippen LogP contribution is -2.52. The Balaban J connectivity index is 0.00000300. The van der Waals surface area contributed by atoms with Crippen LogP contribution in [0.25, 0.3) is 0 Å². The van der Waals surface area contributed by atoms with Gasteiger partial charge in [-0.3, -0.25) is 9.89 Å². The lowest BCUT2D eigenvalue weighted by molar-refractivity contribution is 0.117. The van der Waals surface area contributed by atoms with E-state index in [-0.39, 0.29) is 30.1 Å². The predicted molar refractivity (Wildman–Crippen MR) is 127 cm³/mol. The molecule has 1 unspecified atom stereocenters. The predicted octanol–water partition coefficient (Wildman–Crippen LogP) is 2.58. The van der Waals surface area contributed by atoms with Crippen molar-refractivity contribution < 1.29 is 14.2 Å². The number of hydrogen-bond acceptors (Lipinski definition) is 5. The molecule has 164 valence electrons. The van der Waals surface area contributed by atoms with Gasteiger partial charge in [0.25, 0.3) is 0 Å².